The molecule has 1 aromatic carbocycles. The van der Waals surface area contributed by atoms with Gasteiger partial charge in [0.25, 0.3) is 0 Å². The number of likely N-dealkylation sites (N-methyl/N-ethyl adjacent to an activating group) is 1. The van der Waals surface area contributed by atoms with Gasteiger partial charge in [-0.05, 0) is 18.2 Å². The van der Waals surface area contributed by atoms with Crippen molar-refractivity contribution in [2.45, 2.75) is 18.4 Å². The third-order valence-electron chi connectivity index (χ3n) is 3.82. The molecule has 0 radical (unpaired) electrons. The smallest absolute Gasteiger partial charge is 0.337 e. The van der Waals surface area contributed by atoms with Crippen LogP contribution in [0.25, 0.3) is 0 Å². The van der Waals surface area contributed by atoms with Gasteiger partial charge in [0.15, 0.2) is 0 Å². The van der Waals surface area contributed by atoms with E-state index >= 15 is 0 Å². The van der Waals surface area contributed by atoms with E-state index in [0.717, 1.165) is 0 Å². The van der Waals surface area contributed by atoms with E-state index in [1.807, 2.05) is 11.9 Å². The fourth-order valence-electron chi connectivity index (χ4n) is 2.56. The minimum absolute atomic E-state index is 0.408. The summed E-state index contributed by atoms with van der Waals surface area (Å²) in [5, 5.41) is 10.6. The Bertz CT molecular complexity index is 512. The lowest BCUT2D eigenvalue weighted by atomic mass is 9.93. The number of esters is 1. The molecule has 1 aliphatic heterocycles. The van der Waals surface area contributed by atoms with Crippen molar-refractivity contribution in [3.05, 3.63) is 23.8 Å². The van der Waals surface area contributed by atoms with Crippen LogP contribution in [0, 0.1) is 0 Å². The largest absolute Gasteiger partial charge is 0.465 e. The van der Waals surface area contributed by atoms with Crippen LogP contribution in [-0.4, -0.2) is 50.6 Å². The minimum Gasteiger partial charge on any atom is -0.465 e. The van der Waals surface area contributed by atoms with Gasteiger partial charge in [-0.1, -0.05) is 0 Å². The van der Waals surface area contributed by atoms with Gasteiger partial charge in [0.2, 0.25) is 0 Å². The number of ether oxygens (including phenoxy) is 2. The van der Waals surface area contributed by atoms with Crippen LogP contribution in [-0.2, 0) is 9.47 Å². The predicted octanol–water partition coefficient (Wildman–Crippen LogP) is 1.03. The molecule has 3 N–H and O–H groups in total. The number of hydrogen-bond donors (Lipinski definition) is 2. The second kappa shape index (κ2) is 6.32. The number of nitrogen functional groups attached to an aromatic ring is 1. The third kappa shape index (κ3) is 3.65. The van der Waals surface area contributed by atoms with Gasteiger partial charge in [0.1, 0.15) is 0 Å². The average Bonchev–Trinajstić information content (AvgIpc) is 2.47. The number of hydrogen-bond acceptors (Lipinski definition) is 6. The van der Waals surface area contributed by atoms with Crippen molar-refractivity contribution in [2.24, 2.45) is 0 Å². The first-order chi connectivity index (χ1) is 9.95. The predicted molar refractivity (Wildman–Crippen MR) is 80.5 cm³/mol. The SMILES string of the molecule is COC(=O)c1ccc(N)c(N(C)CC2(O)CCOCC2)c1. The molecule has 0 atom stereocenters. The van der Waals surface area contributed by atoms with Gasteiger partial charge >= 0.3 is 5.97 Å². The lowest BCUT2D eigenvalue weighted by Gasteiger charge is -2.36. The number of carbonyl (C=O) groups is 1. The number of anilines is 2. The highest BCUT2D eigenvalue weighted by Crippen LogP contribution is 2.28. The Morgan fingerprint density at radius 1 is 1.48 bits per heavy atom. The maximum absolute atomic E-state index is 11.6. The quantitative estimate of drug-likeness (QED) is 0.637. The summed E-state index contributed by atoms with van der Waals surface area (Å²) in [5.41, 5.74) is 6.89. The number of nitrogens with zero attached hydrogens (tertiary/aromatic N) is 1. The Morgan fingerprint density at radius 2 is 2.14 bits per heavy atom. The van der Waals surface area contributed by atoms with Crippen LogP contribution in [0.3, 0.4) is 0 Å². The fourth-order valence-corrected chi connectivity index (χ4v) is 2.56. The molecule has 0 saturated carbocycles. The van der Waals surface area contributed by atoms with Crippen LogP contribution in [0.15, 0.2) is 18.2 Å². The van der Waals surface area contributed by atoms with Crippen molar-refractivity contribution in [3.8, 4) is 0 Å². The molecule has 0 bridgehead atoms. The maximum Gasteiger partial charge on any atom is 0.337 e. The molecule has 1 aliphatic rings. The van der Waals surface area contributed by atoms with Gasteiger partial charge in [-0.25, -0.2) is 4.79 Å². The van der Waals surface area contributed by atoms with Crippen molar-refractivity contribution in [1.29, 1.82) is 0 Å². The number of aliphatic hydroxyl groups is 1. The summed E-state index contributed by atoms with van der Waals surface area (Å²) >= 11 is 0. The highest BCUT2D eigenvalue weighted by Gasteiger charge is 2.31. The van der Waals surface area contributed by atoms with E-state index in [4.69, 9.17) is 15.2 Å². The van der Waals surface area contributed by atoms with Crippen LogP contribution in [0.5, 0.6) is 0 Å². The Hall–Kier alpha value is -1.79. The van der Waals surface area contributed by atoms with Gasteiger partial charge in [-0.15, -0.1) is 0 Å². The Kier molecular flexibility index (Phi) is 4.69. The van der Waals surface area contributed by atoms with Gasteiger partial charge in [-0.2, -0.15) is 0 Å². The first-order valence-corrected chi connectivity index (χ1v) is 6.94. The van der Waals surface area contributed by atoms with Crippen LogP contribution in [0.2, 0.25) is 0 Å². The van der Waals surface area contributed by atoms with E-state index in [1.165, 1.54) is 7.11 Å². The first kappa shape index (κ1) is 15.6. The zero-order valence-corrected chi connectivity index (χ0v) is 12.5. The van der Waals surface area contributed by atoms with Gasteiger partial charge in [0.05, 0.1) is 29.6 Å². The summed E-state index contributed by atoms with van der Waals surface area (Å²) in [6.45, 7) is 1.55. The normalized spacial score (nSPS) is 17.3. The minimum atomic E-state index is -0.791. The highest BCUT2D eigenvalue weighted by molar-refractivity contribution is 5.92. The molecule has 0 spiro atoms. The maximum atomic E-state index is 11.6. The van der Waals surface area contributed by atoms with Crippen molar-refractivity contribution in [2.75, 3.05) is 44.5 Å². The molecule has 1 fully saturated rings. The summed E-state index contributed by atoms with van der Waals surface area (Å²) in [6, 6.07) is 4.98. The van der Waals surface area contributed by atoms with Crippen molar-refractivity contribution >= 4 is 17.3 Å². The van der Waals surface area contributed by atoms with E-state index in [0.29, 0.717) is 49.5 Å². The monoisotopic (exact) mass is 294 g/mol. The number of methoxy groups -OCH3 is 1. The molecule has 0 aliphatic carbocycles. The van der Waals surface area contributed by atoms with Gasteiger partial charge in [0, 0.05) is 39.6 Å². The Balaban J connectivity index is 2.17. The summed E-state index contributed by atoms with van der Waals surface area (Å²) in [7, 11) is 3.19. The third-order valence-corrected chi connectivity index (χ3v) is 3.82. The molecule has 1 heterocycles. The fraction of sp³-hybridized carbons (Fsp3) is 0.533. The molecular weight excluding hydrogens is 272 g/mol. The van der Waals surface area contributed by atoms with Crippen molar-refractivity contribution < 1.29 is 19.4 Å². The summed E-state index contributed by atoms with van der Waals surface area (Å²) in [6.07, 6.45) is 1.18. The summed E-state index contributed by atoms with van der Waals surface area (Å²) in [5.74, 6) is -0.408. The second-order valence-electron chi connectivity index (χ2n) is 5.46. The zero-order chi connectivity index (χ0) is 15.5. The zero-order valence-electron chi connectivity index (χ0n) is 12.5. The lowest BCUT2D eigenvalue weighted by molar-refractivity contribution is -0.0572. The molecule has 6 heteroatoms. The summed E-state index contributed by atoms with van der Waals surface area (Å²) < 4.78 is 9.99. The average molecular weight is 294 g/mol. The second-order valence-corrected chi connectivity index (χ2v) is 5.46. The van der Waals surface area contributed by atoms with E-state index in [-0.39, 0.29) is 0 Å². The van der Waals surface area contributed by atoms with Crippen molar-refractivity contribution in [1.82, 2.24) is 0 Å². The summed E-state index contributed by atoms with van der Waals surface area (Å²) in [4.78, 5) is 13.5. The molecule has 1 aromatic rings. The number of carbonyl (C=O) groups excluding carboxylic acids is 1. The highest BCUT2D eigenvalue weighted by atomic mass is 16.5. The molecule has 6 nitrogen and oxygen atoms in total. The molecular formula is C15H22N2O4. The van der Waals surface area contributed by atoms with Crippen LogP contribution >= 0.6 is 0 Å². The van der Waals surface area contributed by atoms with E-state index in [2.05, 4.69) is 0 Å². The van der Waals surface area contributed by atoms with Gasteiger partial charge < -0.3 is 25.2 Å². The molecule has 116 valence electrons. The van der Waals surface area contributed by atoms with E-state index in [1.54, 1.807) is 18.2 Å². The molecule has 2 rings (SSSR count). The standard InChI is InChI=1S/C15H22N2O4/c1-17(10-15(19)5-7-21-8-6-15)13-9-11(14(18)20-2)3-4-12(13)16/h3-4,9,19H,5-8,10,16H2,1-2H3. The first-order valence-electron chi connectivity index (χ1n) is 6.94. The number of nitrogens with two attached hydrogens (primary N) is 1. The van der Waals surface area contributed by atoms with Crippen LogP contribution in [0.1, 0.15) is 23.2 Å². The Morgan fingerprint density at radius 3 is 2.76 bits per heavy atom. The topological polar surface area (TPSA) is 85.0 Å². The molecule has 1 saturated heterocycles. The molecule has 0 unspecified atom stereocenters. The van der Waals surface area contributed by atoms with Crippen molar-refractivity contribution in [3.63, 3.8) is 0 Å². The van der Waals surface area contributed by atoms with E-state index in [9.17, 15) is 9.90 Å². The van der Waals surface area contributed by atoms with Crippen LogP contribution in [0.4, 0.5) is 11.4 Å². The van der Waals surface area contributed by atoms with Gasteiger partial charge in [-0.3, -0.25) is 0 Å². The lowest BCUT2D eigenvalue weighted by Crippen LogP contribution is -2.45. The van der Waals surface area contributed by atoms with Crippen LogP contribution < -0.4 is 10.6 Å². The molecule has 21 heavy (non-hydrogen) atoms. The van der Waals surface area contributed by atoms with E-state index < -0.39 is 11.6 Å². The molecule has 0 amide bonds. The number of rotatable bonds is 4. The molecule has 0 aromatic heterocycles. The Labute approximate surface area is 124 Å². The number of benzene rings is 1.